The number of rotatable bonds is 3. The average molecular weight is 301 g/mol. The Morgan fingerprint density at radius 3 is 2.67 bits per heavy atom. The molecule has 0 N–H and O–H groups in total. The molecule has 0 saturated heterocycles. The summed E-state index contributed by atoms with van der Waals surface area (Å²) in [6, 6.07) is 13.9. The number of hydrogen-bond acceptors (Lipinski definition) is 3. The fourth-order valence-electron chi connectivity index (χ4n) is 1.77. The van der Waals surface area contributed by atoms with E-state index in [2.05, 4.69) is 15.4 Å². The predicted molar refractivity (Wildman–Crippen MR) is 79.5 cm³/mol. The normalized spacial score (nSPS) is 11.1. The lowest BCUT2D eigenvalue weighted by Crippen LogP contribution is -2.02. The molecular formula is C15H10ClFN4. The number of aromatic nitrogens is 4. The molecule has 3 aromatic rings. The Hall–Kier alpha value is -2.53. The van der Waals surface area contributed by atoms with Gasteiger partial charge in [0, 0.05) is 5.02 Å². The van der Waals surface area contributed by atoms with Crippen LogP contribution in [0.5, 0.6) is 0 Å². The molecule has 0 bridgehead atoms. The Morgan fingerprint density at radius 2 is 1.86 bits per heavy atom. The van der Waals surface area contributed by atoms with Crippen LogP contribution in [0.3, 0.4) is 0 Å². The third-order valence-electron chi connectivity index (χ3n) is 2.78. The molecule has 6 heteroatoms. The summed E-state index contributed by atoms with van der Waals surface area (Å²) < 4.78 is 13.7. The second kappa shape index (κ2) is 5.85. The largest absolute Gasteiger partial charge is 0.205 e. The van der Waals surface area contributed by atoms with E-state index < -0.39 is 5.82 Å². The maximum absolute atomic E-state index is 13.7. The van der Waals surface area contributed by atoms with Crippen LogP contribution < -0.4 is 0 Å². The summed E-state index contributed by atoms with van der Waals surface area (Å²) in [5, 5.41) is 12.2. The molecule has 4 nitrogen and oxygen atoms in total. The van der Waals surface area contributed by atoms with Gasteiger partial charge < -0.3 is 0 Å². The zero-order valence-corrected chi connectivity index (χ0v) is 11.6. The lowest BCUT2D eigenvalue weighted by atomic mass is 10.2. The summed E-state index contributed by atoms with van der Waals surface area (Å²) in [5.74, 6) is -0.0754. The van der Waals surface area contributed by atoms with Crippen molar-refractivity contribution in [1.82, 2.24) is 20.2 Å². The first-order valence-electron chi connectivity index (χ1n) is 6.21. The quantitative estimate of drug-likeness (QED) is 0.742. The highest BCUT2D eigenvalue weighted by Crippen LogP contribution is 2.17. The van der Waals surface area contributed by atoms with Gasteiger partial charge in [-0.15, -0.1) is 15.0 Å². The van der Waals surface area contributed by atoms with Gasteiger partial charge in [-0.2, -0.15) is 0 Å². The Bertz CT molecular complexity index is 783. The molecule has 0 aliphatic heterocycles. The number of nitrogens with zero attached hydrogens (tertiary/aromatic N) is 4. The second-order valence-electron chi connectivity index (χ2n) is 4.28. The fourth-order valence-corrected chi connectivity index (χ4v) is 1.93. The van der Waals surface area contributed by atoms with Crippen molar-refractivity contribution >= 4 is 23.8 Å². The zero-order chi connectivity index (χ0) is 14.7. The van der Waals surface area contributed by atoms with Gasteiger partial charge in [-0.05, 0) is 35.1 Å². The van der Waals surface area contributed by atoms with E-state index in [-0.39, 0.29) is 5.69 Å². The molecule has 0 fully saturated rings. The Balaban J connectivity index is 1.87. The van der Waals surface area contributed by atoms with Gasteiger partial charge in [0.1, 0.15) is 5.69 Å². The number of tetrazole rings is 1. The van der Waals surface area contributed by atoms with E-state index in [1.165, 1.54) is 18.2 Å². The third kappa shape index (κ3) is 3.14. The maximum atomic E-state index is 13.7. The van der Waals surface area contributed by atoms with Crippen LogP contribution in [0.4, 0.5) is 4.39 Å². The molecular weight excluding hydrogens is 291 g/mol. The smallest absolute Gasteiger partial charge is 0.198 e. The summed E-state index contributed by atoms with van der Waals surface area (Å²) in [7, 11) is 0. The highest BCUT2D eigenvalue weighted by Gasteiger charge is 2.08. The van der Waals surface area contributed by atoms with Crippen LogP contribution in [0.1, 0.15) is 11.4 Å². The summed E-state index contributed by atoms with van der Waals surface area (Å²) in [4.78, 5) is 1.12. The molecule has 0 radical (unpaired) electrons. The van der Waals surface area contributed by atoms with Crippen LogP contribution >= 0.6 is 11.6 Å². The number of hydrogen-bond donors (Lipinski definition) is 0. The highest BCUT2D eigenvalue weighted by atomic mass is 35.5. The van der Waals surface area contributed by atoms with Crippen molar-refractivity contribution in [2.45, 2.75) is 0 Å². The van der Waals surface area contributed by atoms with Crippen LogP contribution in [0.2, 0.25) is 5.02 Å². The topological polar surface area (TPSA) is 43.6 Å². The van der Waals surface area contributed by atoms with Gasteiger partial charge in [-0.1, -0.05) is 48.0 Å². The molecule has 1 heterocycles. The van der Waals surface area contributed by atoms with E-state index in [1.54, 1.807) is 6.08 Å². The van der Waals surface area contributed by atoms with Gasteiger partial charge in [0.2, 0.25) is 0 Å². The van der Waals surface area contributed by atoms with Crippen LogP contribution in [-0.2, 0) is 0 Å². The molecule has 0 atom stereocenters. The van der Waals surface area contributed by atoms with E-state index in [1.807, 2.05) is 36.4 Å². The Morgan fingerprint density at radius 1 is 1.05 bits per heavy atom. The molecule has 3 rings (SSSR count). The molecule has 0 aliphatic carbocycles. The van der Waals surface area contributed by atoms with Crippen molar-refractivity contribution in [3.63, 3.8) is 0 Å². The zero-order valence-electron chi connectivity index (χ0n) is 10.8. The summed E-state index contributed by atoms with van der Waals surface area (Å²) >= 11 is 5.84. The molecule has 104 valence electrons. The minimum Gasteiger partial charge on any atom is -0.205 e. The molecule has 1 aromatic heterocycles. The van der Waals surface area contributed by atoms with Crippen LogP contribution in [0.25, 0.3) is 17.8 Å². The molecule has 2 aromatic carbocycles. The van der Waals surface area contributed by atoms with Gasteiger partial charge in [0.25, 0.3) is 0 Å². The number of halogens is 2. The van der Waals surface area contributed by atoms with Gasteiger partial charge in [0.05, 0.1) is 0 Å². The van der Waals surface area contributed by atoms with Crippen molar-refractivity contribution in [2.24, 2.45) is 0 Å². The maximum Gasteiger partial charge on any atom is 0.198 e. The van der Waals surface area contributed by atoms with Crippen molar-refractivity contribution in [1.29, 1.82) is 0 Å². The Kier molecular flexibility index (Phi) is 3.75. The average Bonchev–Trinajstić information content (AvgIpc) is 2.97. The van der Waals surface area contributed by atoms with E-state index >= 15 is 0 Å². The van der Waals surface area contributed by atoms with Crippen molar-refractivity contribution in [3.05, 3.63) is 70.8 Å². The molecule has 0 unspecified atom stereocenters. The van der Waals surface area contributed by atoms with Gasteiger partial charge >= 0.3 is 0 Å². The van der Waals surface area contributed by atoms with Crippen molar-refractivity contribution in [3.8, 4) is 5.69 Å². The Labute approximate surface area is 125 Å². The second-order valence-corrected chi connectivity index (χ2v) is 4.71. The highest BCUT2D eigenvalue weighted by molar-refractivity contribution is 6.30. The van der Waals surface area contributed by atoms with E-state index in [4.69, 9.17) is 11.6 Å². The first-order chi connectivity index (χ1) is 10.2. The van der Waals surface area contributed by atoms with Crippen LogP contribution in [0.15, 0.2) is 48.5 Å². The summed E-state index contributed by atoms with van der Waals surface area (Å²) in [6.07, 6.45) is 3.57. The van der Waals surface area contributed by atoms with E-state index in [9.17, 15) is 4.39 Å². The number of benzene rings is 2. The lowest BCUT2D eigenvalue weighted by molar-refractivity contribution is 0.591. The first-order valence-corrected chi connectivity index (χ1v) is 6.59. The minimum absolute atomic E-state index is 0.161. The standard InChI is InChI=1S/C15H10ClFN4/c16-12-7-8-13(17)14(10-12)21-19-15(18-20-21)9-6-11-4-2-1-3-5-11/h1-10H/b9-6+. The van der Waals surface area contributed by atoms with Gasteiger partial charge in [-0.3, -0.25) is 0 Å². The fraction of sp³-hybridized carbons (Fsp3) is 0. The molecule has 0 spiro atoms. The molecule has 0 aliphatic rings. The van der Waals surface area contributed by atoms with Crippen LogP contribution in [-0.4, -0.2) is 20.2 Å². The predicted octanol–water partition coefficient (Wildman–Crippen LogP) is 3.63. The van der Waals surface area contributed by atoms with Crippen molar-refractivity contribution in [2.75, 3.05) is 0 Å². The van der Waals surface area contributed by atoms with Gasteiger partial charge in [0.15, 0.2) is 11.6 Å². The molecule has 21 heavy (non-hydrogen) atoms. The third-order valence-corrected chi connectivity index (χ3v) is 3.01. The minimum atomic E-state index is -0.463. The first kappa shape index (κ1) is 13.5. The monoisotopic (exact) mass is 300 g/mol. The summed E-state index contributed by atoms with van der Waals surface area (Å²) in [6.45, 7) is 0. The van der Waals surface area contributed by atoms with Gasteiger partial charge in [-0.25, -0.2) is 4.39 Å². The van der Waals surface area contributed by atoms with Crippen LogP contribution in [0, 0.1) is 5.82 Å². The van der Waals surface area contributed by atoms with E-state index in [0.29, 0.717) is 10.8 Å². The lowest BCUT2D eigenvalue weighted by Gasteiger charge is -2.00. The van der Waals surface area contributed by atoms with E-state index in [0.717, 1.165) is 10.4 Å². The molecule has 0 amide bonds. The SMILES string of the molecule is Fc1ccc(Cl)cc1-n1nnc(/C=C/c2ccccc2)n1. The van der Waals surface area contributed by atoms with Crippen molar-refractivity contribution < 1.29 is 4.39 Å². The molecule has 0 saturated carbocycles. The summed E-state index contributed by atoms with van der Waals surface area (Å²) in [5.41, 5.74) is 1.18.